The molecule has 212 valence electrons. The summed E-state index contributed by atoms with van der Waals surface area (Å²) >= 11 is 0. The lowest BCUT2D eigenvalue weighted by Gasteiger charge is -2.25. The lowest BCUT2D eigenvalue weighted by atomic mass is 10.1. The van der Waals surface area contributed by atoms with Crippen LogP contribution in [0.2, 0.25) is 0 Å². The molecule has 2 atom stereocenters. The number of halogens is 6. The zero-order valence-electron chi connectivity index (χ0n) is 19.8. The molecule has 39 heavy (non-hydrogen) atoms. The highest BCUT2D eigenvalue weighted by atomic mass is 19.4. The third-order valence-electron chi connectivity index (χ3n) is 5.84. The number of ether oxygens (including phenoxy) is 2. The van der Waals surface area contributed by atoms with Crippen LogP contribution in [0.3, 0.4) is 0 Å². The van der Waals surface area contributed by atoms with Gasteiger partial charge in [0.15, 0.2) is 11.5 Å². The van der Waals surface area contributed by atoms with E-state index in [-0.39, 0.29) is 18.0 Å². The van der Waals surface area contributed by atoms with E-state index >= 15 is 0 Å². The van der Waals surface area contributed by atoms with E-state index in [4.69, 9.17) is 29.3 Å². The minimum absolute atomic E-state index is 0.193. The maximum Gasteiger partial charge on any atom is 0.490 e. The number of benzene rings is 1. The first-order chi connectivity index (χ1) is 18.2. The summed E-state index contributed by atoms with van der Waals surface area (Å²) in [6, 6.07) is 10.4. The Morgan fingerprint density at radius 2 is 1.59 bits per heavy atom. The summed E-state index contributed by atoms with van der Waals surface area (Å²) in [6.07, 6.45) is -5.08. The zero-order valence-corrected chi connectivity index (χ0v) is 19.8. The second-order valence-electron chi connectivity index (χ2n) is 8.37. The standard InChI is InChI=1S/C19H19N3O3.2C2HF3O2/c23-19-9-16-15(22(19)14-2-1-6-20-10-14)5-7-21(16)11-13-3-4-17-18(8-13)25-12-24-17;2*3-2(4,5)1(6)7/h1-4,6,8,10,15-16H,5,7,9,11-12H2;2*(H,6,7)/t15-,16+;;/m1../s1. The van der Waals surface area contributed by atoms with Crippen molar-refractivity contribution in [1.82, 2.24) is 9.88 Å². The van der Waals surface area contributed by atoms with Crippen molar-refractivity contribution in [2.75, 3.05) is 18.2 Å². The fraction of sp³-hybridized carbons (Fsp3) is 0.391. The van der Waals surface area contributed by atoms with Crippen molar-refractivity contribution in [3.8, 4) is 11.5 Å². The molecule has 2 aromatic rings. The molecule has 0 spiro atoms. The molecule has 0 radical (unpaired) electrons. The average Bonchev–Trinajstić information content (AvgIpc) is 3.55. The Bertz CT molecular complexity index is 1170. The van der Waals surface area contributed by atoms with Gasteiger partial charge in [0.2, 0.25) is 12.7 Å². The molecule has 1 amide bonds. The number of hydrogen-bond donors (Lipinski definition) is 2. The molecule has 2 fully saturated rings. The van der Waals surface area contributed by atoms with Crippen molar-refractivity contribution < 1.29 is 60.4 Å². The van der Waals surface area contributed by atoms with E-state index in [1.165, 1.54) is 5.56 Å². The van der Waals surface area contributed by atoms with Crippen LogP contribution in [0.1, 0.15) is 18.4 Å². The Hall–Kier alpha value is -4.08. The molecule has 1 aromatic carbocycles. The average molecular weight is 565 g/mol. The van der Waals surface area contributed by atoms with Gasteiger partial charge < -0.3 is 24.6 Å². The summed E-state index contributed by atoms with van der Waals surface area (Å²) in [4.78, 5) is 38.9. The molecule has 2 N–H and O–H groups in total. The predicted octanol–water partition coefficient (Wildman–Crippen LogP) is 3.46. The summed E-state index contributed by atoms with van der Waals surface area (Å²) in [6.45, 7) is 2.11. The third kappa shape index (κ3) is 7.49. The van der Waals surface area contributed by atoms with Gasteiger partial charge in [-0.3, -0.25) is 14.7 Å². The third-order valence-corrected chi connectivity index (χ3v) is 5.84. The number of hydrogen-bond acceptors (Lipinski definition) is 7. The first-order valence-corrected chi connectivity index (χ1v) is 11.1. The topological polar surface area (TPSA) is 130 Å². The molecule has 0 bridgehead atoms. The molecule has 3 aliphatic heterocycles. The van der Waals surface area contributed by atoms with Gasteiger partial charge in [-0.2, -0.15) is 26.3 Å². The maximum absolute atomic E-state index is 12.6. The first kappa shape index (κ1) is 29.5. The Kier molecular flexibility index (Phi) is 8.88. The van der Waals surface area contributed by atoms with Crippen LogP contribution in [0.15, 0.2) is 42.7 Å². The van der Waals surface area contributed by atoms with Gasteiger partial charge in [0, 0.05) is 31.7 Å². The van der Waals surface area contributed by atoms with Crippen molar-refractivity contribution >= 4 is 23.5 Å². The monoisotopic (exact) mass is 565 g/mol. The van der Waals surface area contributed by atoms with Crippen LogP contribution in [0.25, 0.3) is 0 Å². The number of amides is 1. The largest absolute Gasteiger partial charge is 0.490 e. The molecule has 0 saturated carbocycles. The number of carbonyl (C=O) groups excluding carboxylic acids is 1. The minimum atomic E-state index is -5.08. The zero-order chi connectivity index (χ0) is 29.0. The molecule has 2 saturated heterocycles. The van der Waals surface area contributed by atoms with Crippen LogP contribution >= 0.6 is 0 Å². The number of pyridine rings is 1. The summed E-state index contributed by atoms with van der Waals surface area (Å²) < 4.78 is 74.3. The van der Waals surface area contributed by atoms with Gasteiger partial charge in [-0.1, -0.05) is 6.07 Å². The smallest absolute Gasteiger partial charge is 0.475 e. The van der Waals surface area contributed by atoms with Crippen LogP contribution in [0.4, 0.5) is 32.0 Å². The molecule has 4 heterocycles. The SMILES string of the molecule is O=C(O)C(F)(F)F.O=C(O)C(F)(F)F.O=C1C[C@H]2[C@@H](CCN2Cc2ccc3c(c2)OCO3)N1c1cccnc1. The van der Waals surface area contributed by atoms with Gasteiger partial charge in [-0.05, 0) is 36.2 Å². The van der Waals surface area contributed by atoms with Crippen molar-refractivity contribution in [2.45, 2.75) is 43.8 Å². The quantitative estimate of drug-likeness (QED) is 0.538. The molecule has 3 aliphatic rings. The highest BCUT2D eigenvalue weighted by molar-refractivity contribution is 5.97. The number of rotatable bonds is 3. The Morgan fingerprint density at radius 3 is 2.15 bits per heavy atom. The molecular weight excluding hydrogens is 544 g/mol. The number of anilines is 1. The second kappa shape index (κ2) is 11.8. The lowest BCUT2D eigenvalue weighted by Crippen LogP contribution is -2.37. The molecule has 10 nitrogen and oxygen atoms in total. The van der Waals surface area contributed by atoms with Crippen molar-refractivity contribution in [3.05, 3.63) is 48.3 Å². The Balaban J connectivity index is 0.000000251. The number of carboxylic acids is 2. The number of carboxylic acid groups (broad SMARTS) is 2. The number of nitrogens with zero attached hydrogens (tertiary/aromatic N) is 3. The fourth-order valence-electron chi connectivity index (χ4n) is 4.23. The maximum atomic E-state index is 12.6. The van der Waals surface area contributed by atoms with Crippen LogP contribution in [0.5, 0.6) is 11.5 Å². The van der Waals surface area contributed by atoms with Crippen LogP contribution in [-0.2, 0) is 20.9 Å². The van der Waals surface area contributed by atoms with Crippen molar-refractivity contribution in [1.29, 1.82) is 0 Å². The van der Waals surface area contributed by atoms with Crippen molar-refractivity contribution in [3.63, 3.8) is 0 Å². The Labute approximate surface area is 216 Å². The summed E-state index contributed by atoms with van der Waals surface area (Å²) in [5.41, 5.74) is 2.10. The number of aliphatic carboxylic acids is 2. The van der Waals surface area contributed by atoms with E-state index in [9.17, 15) is 31.1 Å². The van der Waals surface area contributed by atoms with E-state index in [0.29, 0.717) is 13.2 Å². The molecule has 0 unspecified atom stereocenters. The number of fused-ring (bicyclic) bond motifs is 2. The molecular formula is C23H21F6N3O7. The molecule has 0 aliphatic carbocycles. The van der Waals surface area contributed by atoms with Gasteiger partial charge in [-0.25, -0.2) is 9.59 Å². The summed E-state index contributed by atoms with van der Waals surface area (Å²) in [7, 11) is 0. The lowest BCUT2D eigenvalue weighted by molar-refractivity contribution is -0.193. The van der Waals surface area contributed by atoms with E-state index in [2.05, 4.69) is 16.0 Å². The van der Waals surface area contributed by atoms with Gasteiger partial charge in [-0.15, -0.1) is 0 Å². The highest BCUT2D eigenvalue weighted by Crippen LogP contribution is 2.38. The van der Waals surface area contributed by atoms with Crippen LogP contribution < -0.4 is 14.4 Å². The first-order valence-electron chi connectivity index (χ1n) is 11.1. The van der Waals surface area contributed by atoms with Crippen molar-refractivity contribution in [2.24, 2.45) is 0 Å². The van der Waals surface area contributed by atoms with Gasteiger partial charge in [0.1, 0.15) is 0 Å². The predicted molar refractivity (Wildman–Crippen MR) is 119 cm³/mol. The Morgan fingerprint density at radius 1 is 0.974 bits per heavy atom. The summed E-state index contributed by atoms with van der Waals surface area (Å²) in [5.74, 6) is -3.70. The molecule has 1 aromatic heterocycles. The van der Waals surface area contributed by atoms with Gasteiger partial charge >= 0.3 is 24.3 Å². The number of alkyl halides is 6. The van der Waals surface area contributed by atoms with E-state index in [1.54, 1.807) is 12.4 Å². The summed E-state index contributed by atoms with van der Waals surface area (Å²) in [5, 5.41) is 14.2. The van der Waals surface area contributed by atoms with E-state index in [0.717, 1.165) is 36.7 Å². The number of aromatic nitrogens is 1. The van der Waals surface area contributed by atoms with Crippen LogP contribution in [0, 0.1) is 0 Å². The van der Waals surface area contributed by atoms with Gasteiger partial charge in [0.05, 0.1) is 17.9 Å². The van der Waals surface area contributed by atoms with Crippen LogP contribution in [-0.4, -0.2) is 75.7 Å². The molecule has 16 heteroatoms. The fourth-order valence-corrected chi connectivity index (χ4v) is 4.23. The normalized spacial score (nSPS) is 19.9. The number of likely N-dealkylation sites (tertiary alicyclic amines) is 1. The highest BCUT2D eigenvalue weighted by Gasteiger charge is 2.47. The van der Waals surface area contributed by atoms with E-state index in [1.807, 2.05) is 29.2 Å². The second-order valence-corrected chi connectivity index (χ2v) is 8.37. The minimum Gasteiger partial charge on any atom is -0.475 e. The number of carbonyl (C=O) groups is 3. The van der Waals surface area contributed by atoms with Gasteiger partial charge in [0.25, 0.3) is 0 Å². The van der Waals surface area contributed by atoms with E-state index < -0.39 is 24.3 Å². The molecule has 5 rings (SSSR count).